The standard InChI is InChI=1S/C20H15F2N5OS3/c1-29-19-23-10-16(27(19)15-8-6-14(22)7-9-15)17(28)24-18-25-26-20(31-18)30-11-12-2-4-13(21)5-3-12/h2-10H,11H2,1H3,(H,24,25,28). The van der Waals surface area contributed by atoms with Crippen molar-refractivity contribution in [2.45, 2.75) is 15.2 Å². The molecule has 1 amide bonds. The lowest BCUT2D eigenvalue weighted by molar-refractivity contribution is 0.102. The van der Waals surface area contributed by atoms with Gasteiger partial charge in [0, 0.05) is 11.4 Å². The second-order valence-corrected chi connectivity index (χ2v) is 9.16. The molecule has 0 atom stereocenters. The molecule has 0 radical (unpaired) electrons. The second-order valence-electron chi connectivity index (χ2n) is 6.18. The molecule has 0 spiro atoms. The quantitative estimate of drug-likeness (QED) is 0.290. The third-order valence-electron chi connectivity index (χ3n) is 4.13. The number of anilines is 1. The smallest absolute Gasteiger partial charge is 0.276 e. The topological polar surface area (TPSA) is 72.7 Å². The first kappa shape index (κ1) is 21.5. The molecule has 2 aromatic heterocycles. The minimum atomic E-state index is -0.400. The van der Waals surface area contributed by atoms with E-state index >= 15 is 0 Å². The van der Waals surface area contributed by atoms with E-state index in [0.717, 1.165) is 5.56 Å². The zero-order chi connectivity index (χ0) is 21.8. The van der Waals surface area contributed by atoms with Gasteiger partial charge in [-0.05, 0) is 48.2 Å². The zero-order valence-electron chi connectivity index (χ0n) is 16.1. The number of imidazole rings is 1. The van der Waals surface area contributed by atoms with Crippen LogP contribution < -0.4 is 5.32 Å². The molecule has 6 nitrogen and oxygen atoms in total. The van der Waals surface area contributed by atoms with E-state index in [1.807, 2.05) is 6.26 Å². The van der Waals surface area contributed by atoms with Gasteiger partial charge in [0.1, 0.15) is 17.3 Å². The number of carbonyl (C=O) groups excluding carboxylic acids is 1. The van der Waals surface area contributed by atoms with E-state index < -0.39 is 5.91 Å². The minimum Gasteiger partial charge on any atom is -0.295 e. The molecule has 0 saturated heterocycles. The van der Waals surface area contributed by atoms with Crippen molar-refractivity contribution in [2.24, 2.45) is 0 Å². The van der Waals surface area contributed by atoms with Crippen LogP contribution in [0.2, 0.25) is 0 Å². The molecule has 1 N–H and O–H groups in total. The molecule has 2 aromatic carbocycles. The van der Waals surface area contributed by atoms with Crippen LogP contribution in [0, 0.1) is 11.6 Å². The predicted octanol–water partition coefficient (Wildman–Crippen LogP) is 5.27. The highest BCUT2D eigenvalue weighted by atomic mass is 32.2. The molecule has 31 heavy (non-hydrogen) atoms. The van der Waals surface area contributed by atoms with Crippen molar-refractivity contribution in [3.05, 3.63) is 77.6 Å². The fraction of sp³-hybridized carbons (Fsp3) is 0.100. The normalized spacial score (nSPS) is 10.9. The Morgan fingerprint density at radius 1 is 1.06 bits per heavy atom. The van der Waals surface area contributed by atoms with Gasteiger partial charge in [-0.2, -0.15) is 0 Å². The highest BCUT2D eigenvalue weighted by Crippen LogP contribution is 2.29. The Bertz CT molecular complexity index is 1190. The molecule has 2 heterocycles. The number of aromatic nitrogens is 4. The van der Waals surface area contributed by atoms with Crippen LogP contribution in [0.15, 0.2) is 64.2 Å². The van der Waals surface area contributed by atoms with Crippen LogP contribution in [-0.2, 0) is 5.75 Å². The number of amides is 1. The maximum absolute atomic E-state index is 13.3. The third kappa shape index (κ3) is 5.12. The van der Waals surface area contributed by atoms with Gasteiger partial charge in [0.2, 0.25) is 5.13 Å². The lowest BCUT2D eigenvalue weighted by Crippen LogP contribution is -2.16. The maximum atomic E-state index is 13.3. The summed E-state index contributed by atoms with van der Waals surface area (Å²) in [6, 6.07) is 12.1. The minimum absolute atomic E-state index is 0.279. The first-order chi connectivity index (χ1) is 15.0. The monoisotopic (exact) mass is 475 g/mol. The Labute approximate surface area is 189 Å². The Hall–Kier alpha value is -2.76. The van der Waals surface area contributed by atoms with Gasteiger partial charge < -0.3 is 0 Å². The summed E-state index contributed by atoms with van der Waals surface area (Å²) in [7, 11) is 0. The van der Waals surface area contributed by atoms with E-state index in [1.54, 1.807) is 28.8 Å². The van der Waals surface area contributed by atoms with E-state index in [-0.39, 0.29) is 11.6 Å². The van der Waals surface area contributed by atoms with Gasteiger partial charge in [-0.3, -0.25) is 14.7 Å². The molecule has 0 aliphatic carbocycles. The summed E-state index contributed by atoms with van der Waals surface area (Å²) in [4.78, 5) is 17.1. The van der Waals surface area contributed by atoms with Gasteiger partial charge in [-0.25, -0.2) is 13.8 Å². The van der Waals surface area contributed by atoms with Crippen molar-refractivity contribution < 1.29 is 13.6 Å². The number of hydrogen-bond donors (Lipinski definition) is 1. The molecule has 4 rings (SSSR count). The van der Waals surface area contributed by atoms with Crippen LogP contribution in [-0.4, -0.2) is 31.9 Å². The molecular formula is C20H15F2N5OS3. The van der Waals surface area contributed by atoms with Crippen LogP contribution in [0.5, 0.6) is 0 Å². The van der Waals surface area contributed by atoms with E-state index in [4.69, 9.17) is 0 Å². The number of thioether (sulfide) groups is 2. The zero-order valence-corrected chi connectivity index (χ0v) is 18.5. The van der Waals surface area contributed by atoms with Gasteiger partial charge in [0.05, 0.1) is 6.20 Å². The average Bonchev–Trinajstić information content (AvgIpc) is 3.40. The van der Waals surface area contributed by atoms with Gasteiger partial charge in [0.25, 0.3) is 5.91 Å². The van der Waals surface area contributed by atoms with E-state index in [9.17, 15) is 13.6 Å². The van der Waals surface area contributed by atoms with Gasteiger partial charge in [-0.1, -0.05) is 47.0 Å². The van der Waals surface area contributed by atoms with Crippen molar-refractivity contribution in [1.82, 2.24) is 19.7 Å². The van der Waals surface area contributed by atoms with Crippen LogP contribution >= 0.6 is 34.9 Å². The van der Waals surface area contributed by atoms with Crippen LogP contribution in [0.3, 0.4) is 0 Å². The molecule has 0 fully saturated rings. The Morgan fingerprint density at radius 2 is 1.74 bits per heavy atom. The van der Waals surface area contributed by atoms with E-state index in [1.165, 1.54) is 65.3 Å². The summed E-state index contributed by atoms with van der Waals surface area (Å²) in [5.74, 6) is -0.431. The largest absolute Gasteiger partial charge is 0.295 e. The summed E-state index contributed by atoms with van der Waals surface area (Å²) < 4.78 is 28.6. The number of carbonyl (C=O) groups is 1. The summed E-state index contributed by atoms with van der Waals surface area (Å²) in [6.45, 7) is 0. The fourth-order valence-corrected chi connectivity index (χ4v) is 4.93. The van der Waals surface area contributed by atoms with Crippen molar-refractivity contribution in [3.63, 3.8) is 0 Å². The maximum Gasteiger partial charge on any atom is 0.276 e. The lowest BCUT2D eigenvalue weighted by atomic mass is 10.2. The van der Waals surface area contributed by atoms with Gasteiger partial charge in [-0.15, -0.1) is 10.2 Å². The van der Waals surface area contributed by atoms with Crippen molar-refractivity contribution in [2.75, 3.05) is 11.6 Å². The number of hydrogen-bond acceptors (Lipinski definition) is 7. The Kier molecular flexibility index (Phi) is 6.64. The molecule has 0 aliphatic heterocycles. The number of benzene rings is 2. The first-order valence-corrected chi connectivity index (χ1v) is 12.0. The summed E-state index contributed by atoms with van der Waals surface area (Å²) in [5, 5.41) is 11.8. The van der Waals surface area contributed by atoms with Crippen molar-refractivity contribution >= 4 is 45.9 Å². The molecule has 0 saturated carbocycles. The molecule has 158 valence electrons. The summed E-state index contributed by atoms with van der Waals surface area (Å²) in [6.07, 6.45) is 3.31. The second kappa shape index (κ2) is 9.58. The van der Waals surface area contributed by atoms with Crippen LogP contribution in [0.25, 0.3) is 5.69 Å². The SMILES string of the molecule is CSc1ncc(C(=O)Nc2nnc(SCc3ccc(F)cc3)s2)n1-c1ccc(F)cc1. The Morgan fingerprint density at radius 3 is 2.42 bits per heavy atom. The Balaban J connectivity index is 1.47. The third-order valence-corrected chi connectivity index (χ3v) is 6.83. The van der Waals surface area contributed by atoms with Gasteiger partial charge in [0.15, 0.2) is 9.50 Å². The fourth-order valence-electron chi connectivity index (χ4n) is 2.68. The van der Waals surface area contributed by atoms with Crippen LogP contribution in [0.1, 0.15) is 16.1 Å². The molecule has 0 aliphatic rings. The average molecular weight is 476 g/mol. The molecule has 11 heteroatoms. The summed E-state index contributed by atoms with van der Waals surface area (Å²) in [5.41, 5.74) is 1.88. The molecule has 0 unspecified atom stereocenters. The predicted molar refractivity (Wildman–Crippen MR) is 119 cm³/mol. The van der Waals surface area contributed by atoms with E-state index in [2.05, 4.69) is 20.5 Å². The number of halogens is 2. The van der Waals surface area contributed by atoms with Crippen LogP contribution in [0.4, 0.5) is 13.9 Å². The molecule has 4 aromatic rings. The molecule has 0 bridgehead atoms. The first-order valence-electron chi connectivity index (χ1n) is 8.93. The summed E-state index contributed by atoms with van der Waals surface area (Å²) >= 11 is 4.07. The molecular weight excluding hydrogens is 460 g/mol. The van der Waals surface area contributed by atoms with Crippen molar-refractivity contribution in [1.29, 1.82) is 0 Å². The highest BCUT2D eigenvalue weighted by Gasteiger charge is 2.19. The van der Waals surface area contributed by atoms with Crippen molar-refractivity contribution in [3.8, 4) is 5.69 Å². The van der Waals surface area contributed by atoms with E-state index in [0.29, 0.717) is 31.8 Å². The number of nitrogens with one attached hydrogen (secondary N) is 1. The number of nitrogens with zero attached hydrogens (tertiary/aromatic N) is 4. The lowest BCUT2D eigenvalue weighted by Gasteiger charge is -2.10. The highest BCUT2D eigenvalue weighted by molar-refractivity contribution is 8.00. The van der Waals surface area contributed by atoms with Gasteiger partial charge >= 0.3 is 0 Å². The number of rotatable bonds is 7.